The molecule has 2 aromatic carbocycles. The Kier molecular flexibility index (Phi) is 4.08. The quantitative estimate of drug-likeness (QED) is 0.815. The third-order valence-corrected chi connectivity index (χ3v) is 3.81. The van der Waals surface area contributed by atoms with Gasteiger partial charge in [-0.05, 0) is 28.8 Å². The van der Waals surface area contributed by atoms with Gasteiger partial charge in [0.1, 0.15) is 0 Å². The zero-order valence-electron chi connectivity index (χ0n) is 11.4. The van der Waals surface area contributed by atoms with E-state index in [4.69, 9.17) is 11.6 Å². The molecular formula is C16H16ClN3O. The molecule has 0 aliphatic carbocycles. The molecule has 0 spiro atoms. The number of carbonyl (C=O) groups is 1. The first-order valence-electron chi connectivity index (χ1n) is 6.83. The number of fused-ring (bicyclic) bond motifs is 1. The van der Waals surface area contributed by atoms with E-state index in [9.17, 15) is 4.79 Å². The number of amides is 2. The minimum Gasteiger partial charge on any atom is -0.334 e. The van der Waals surface area contributed by atoms with E-state index in [0.29, 0.717) is 17.3 Å². The summed E-state index contributed by atoms with van der Waals surface area (Å²) in [7, 11) is 0. The maximum absolute atomic E-state index is 11.9. The van der Waals surface area contributed by atoms with Gasteiger partial charge in [0, 0.05) is 19.6 Å². The van der Waals surface area contributed by atoms with Crippen molar-refractivity contribution in [3.05, 3.63) is 64.2 Å². The van der Waals surface area contributed by atoms with Crippen molar-refractivity contribution in [1.29, 1.82) is 0 Å². The van der Waals surface area contributed by atoms with Gasteiger partial charge in [0.25, 0.3) is 0 Å². The standard InChI is InChI=1S/C16H16ClN3O/c17-14-3-1-2-4-15(14)20-16(21)19-8-11-5-6-12-9-18-10-13(12)7-11/h1-7,18H,8-10H2,(H2,19,20,21). The molecule has 5 heteroatoms. The fraction of sp³-hybridized carbons (Fsp3) is 0.188. The van der Waals surface area contributed by atoms with Gasteiger partial charge in [0.15, 0.2) is 0 Å². The highest BCUT2D eigenvalue weighted by Gasteiger charge is 2.10. The van der Waals surface area contributed by atoms with Gasteiger partial charge in [-0.1, -0.05) is 41.9 Å². The molecule has 0 radical (unpaired) electrons. The first-order chi connectivity index (χ1) is 10.2. The van der Waals surface area contributed by atoms with Crippen LogP contribution in [-0.4, -0.2) is 6.03 Å². The molecule has 1 aliphatic rings. The number of halogens is 1. The summed E-state index contributed by atoms with van der Waals surface area (Å²) >= 11 is 6.00. The van der Waals surface area contributed by atoms with Crippen LogP contribution in [0.15, 0.2) is 42.5 Å². The molecule has 3 N–H and O–H groups in total. The molecule has 2 amide bonds. The zero-order valence-corrected chi connectivity index (χ0v) is 12.2. The van der Waals surface area contributed by atoms with Crippen molar-refractivity contribution in [2.24, 2.45) is 0 Å². The molecule has 0 atom stereocenters. The fourth-order valence-corrected chi connectivity index (χ4v) is 2.55. The second kappa shape index (κ2) is 6.16. The molecule has 4 nitrogen and oxygen atoms in total. The van der Waals surface area contributed by atoms with Crippen LogP contribution in [0.3, 0.4) is 0 Å². The van der Waals surface area contributed by atoms with Gasteiger partial charge in [0.05, 0.1) is 10.7 Å². The second-order valence-corrected chi connectivity index (χ2v) is 5.40. The lowest BCUT2D eigenvalue weighted by Gasteiger charge is -2.09. The summed E-state index contributed by atoms with van der Waals surface area (Å²) in [5, 5.41) is 9.40. The Labute approximate surface area is 128 Å². The Morgan fingerprint density at radius 2 is 1.95 bits per heavy atom. The molecule has 0 fully saturated rings. The number of nitrogens with one attached hydrogen (secondary N) is 3. The Hall–Kier alpha value is -2.04. The molecule has 3 rings (SSSR count). The van der Waals surface area contributed by atoms with Crippen LogP contribution in [0.5, 0.6) is 0 Å². The van der Waals surface area contributed by atoms with E-state index in [1.165, 1.54) is 11.1 Å². The highest BCUT2D eigenvalue weighted by Crippen LogP contribution is 2.20. The first-order valence-corrected chi connectivity index (χ1v) is 7.21. The Morgan fingerprint density at radius 3 is 2.81 bits per heavy atom. The molecule has 1 aliphatic heterocycles. The van der Waals surface area contributed by atoms with Gasteiger partial charge in [-0.2, -0.15) is 0 Å². The van der Waals surface area contributed by atoms with Gasteiger partial charge in [-0.3, -0.25) is 0 Å². The van der Waals surface area contributed by atoms with E-state index < -0.39 is 0 Å². The summed E-state index contributed by atoms with van der Waals surface area (Å²) in [6.07, 6.45) is 0. The van der Waals surface area contributed by atoms with Gasteiger partial charge < -0.3 is 16.0 Å². The predicted molar refractivity (Wildman–Crippen MR) is 84.3 cm³/mol. The molecule has 0 bridgehead atoms. The highest BCUT2D eigenvalue weighted by atomic mass is 35.5. The maximum Gasteiger partial charge on any atom is 0.319 e. The highest BCUT2D eigenvalue weighted by molar-refractivity contribution is 6.33. The molecule has 21 heavy (non-hydrogen) atoms. The lowest BCUT2D eigenvalue weighted by Crippen LogP contribution is -2.28. The molecule has 108 valence electrons. The normalized spacial score (nSPS) is 12.8. The van der Waals surface area contributed by atoms with Crippen molar-refractivity contribution in [3.8, 4) is 0 Å². The molecule has 0 aromatic heterocycles. The fourth-order valence-electron chi connectivity index (χ4n) is 2.37. The summed E-state index contributed by atoms with van der Waals surface area (Å²) in [5.41, 5.74) is 4.33. The summed E-state index contributed by atoms with van der Waals surface area (Å²) in [6.45, 7) is 2.31. The second-order valence-electron chi connectivity index (χ2n) is 4.99. The number of carbonyl (C=O) groups excluding carboxylic acids is 1. The first kappa shape index (κ1) is 13.9. The zero-order chi connectivity index (χ0) is 14.7. The maximum atomic E-state index is 11.9. The minimum absolute atomic E-state index is 0.262. The van der Waals surface area contributed by atoms with E-state index in [-0.39, 0.29) is 6.03 Å². The van der Waals surface area contributed by atoms with Crippen molar-refractivity contribution < 1.29 is 4.79 Å². The van der Waals surface area contributed by atoms with Gasteiger partial charge >= 0.3 is 6.03 Å². The van der Waals surface area contributed by atoms with Gasteiger partial charge in [0.2, 0.25) is 0 Å². The van der Waals surface area contributed by atoms with Crippen molar-refractivity contribution in [3.63, 3.8) is 0 Å². The van der Waals surface area contributed by atoms with Crippen molar-refractivity contribution in [2.45, 2.75) is 19.6 Å². The van der Waals surface area contributed by atoms with Crippen LogP contribution in [0.25, 0.3) is 0 Å². The third-order valence-electron chi connectivity index (χ3n) is 3.48. The lowest BCUT2D eigenvalue weighted by molar-refractivity contribution is 0.251. The number of hydrogen-bond acceptors (Lipinski definition) is 2. The lowest BCUT2D eigenvalue weighted by atomic mass is 10.1. The SMILES string of the molecule is O=C(NCc1ccc2c(c1)CNC2)Nc1ccccc1Cl. The van der Waals surface area contributed by atoms with Crippen LogP contribution < -0.4 is 16.0 Å². The monoisotopic (exact) mass is 301 g/mol. The van der Waals surface area contributed by atoms with Crippen LogP contribution in [0.2, 0.25) is 5.02 Å². The summed E-state index contributed by atoms with van der Waals surface area (Å²) < 4.78 is 0. The van der Waals surface area contributed by atoms with Crippen LogP contribution in [0, 0.1) is 0 Å². The number of para-hydroxylation sites is 1. The molecule has 0 saturated heterocycles. The number of anilines is 1. The number of urea groups is 1. The molecule has 1 heterocycles. The van der Waals surface area contributed by atoms with Crippen molar-refractivity contribution >= 4 is 23.3 Å². The van der Waals surface area contributed by atoms with Gasteiger partial charge in [-0.25, -0.2) is 4.79 Å². The van der Waals surface area contributed by atoms with Crippen molar-refractivity contribution in [1.82, 2.24) is 10.6 Å². The van der Waals surface area contributed by atoms with E-state index in [1.54, 1.807) is 12.1 Å². The topological polar surface area (TPSA) is 53.2 Å². The summed E-state index contributed by atoms with van der Waals surface area (Å²) in [5.74, 6) is 0. The minimum atomic E-state index is -0.262. The molecule has 0 unspecified atom stereocenters. The van der Waals surface area contributed by atoms with E-state index in [0.717, 1.165) is 18.7 Å². The number of benzene rings is 2. The van der Waals surface area contributed by atoms with E-state index in [1.807, 2.05) is 18.2 Å². The molecule has 2 aromatic rings. The van der Waals surface area contributed by atoms with E-state index >= 15 is 0 Å². The average Bonchev–Trinajstić information content (AvgIpc) is 2.95. The molecule has 0 saturated carbocycles. The Balaban J connectivity index is 1.58. The summed E-state index contributed by atoms with van der Waals surface area (Å²) in [6, 6.07) is 13.2. The Morgan fingerprint density at radius 1 is 1.14 bits per heavy atom. The van der Waals surface area contributed by atoms with Crippen LogP contribution in [-0.2, 0) is 19.6 Å². The predicted octanol–water partition coefficient (Wildman–Crippen LogP) is 3.26. The Bertz CT molecular complexity index is 672. The van der Waals surface area contributed by atoms with Crippen LogP contribution in [0.1, 0.15) is 16.7 Å². The van der Waals surface area contributed by atoms with E-state index in [2.05, 4.69) is 28.1 Å². The van der Waals surface area contributed by atoms with Crippen LogP contribution in [0.4, 0.5) is 10.5 Å². The summed E-state index contributed by atoms with van der Waals surface area (Å²) in [4.78, 5) is 11.9. The smallest absolute Gasteiger partial charge is 0.319 e. The van der Waals surface area contributed by atoms with Crippen molar-refractivity contribution in [2.75, 3.05) is 5.32 Å². The van der Waals surface area contributed by atoms with Crippen LogP contribution >= 0.6 is 11.6 Å². The average molecular weight is 302 g/mol. The van der Waals surface area contributed by atoms with Gasteiger partial charge in [-0.15, -0.1) is 0 Å². The third kappa shape index (κ3) is 3.35. The molecular weight excluding hydrogens is 286 g/mol. The number of hydrogen-bond donors (Lipinski definition) is 3. The number of rotatable bonds is 3. The largest absolute Gasteiger partial charge is 0.334 e.